The van der Waals surface area contributed by atoms with E-state index < -0.39 is 29.5 Å². The van der Waals surface area contributed by atoms with Crippen molar-refractivity contribution in [3.63, 3.8) is 0 Å². The number of fused-ring (bicyclic) bond motifs is 1. The number of Topliss-reactive ketones (excluding diaryl/α,β-unsaturated/α-hetero) is 1. The second-order valence-corrected chi connectivity index (χ2v) is 9.76. The van der Waals surface area contributed by atoms with Gasteiger partial charge in [0.15, 0.2) is 10.9 Å². The molecule has 0 saturated heterocycles. The van der Waals surface area contributed by atoms with Gasteiger partial charge >= 0.3 is 5.97 Å². The van der Waals surface area contributed by atoms with Crippen molar-refractivity contribution < 1.29 is 24.2 Å². The molecule has 2 aromatic heterocycles. The number of rotatable bonds is 5. The van der Waals surface area contributed by atoms with Crippen LogP contribution in [0, 0.1) is 0 Å². The lowest BCUT2D eigenvalue weighted by atomic mass is 9.95. The number of amides is 1. The number of halogens is 1. The van der Waals surface area contributed by atoms with Gasteiger partial charge in [0.05, 0.1) is 39.4 Å². The minimum absolute atomic E-state index is 0.0458. The molecular weight excluding hydrogens is 496 g/mol. The van der Waals surface area contributed by atoms with E-state index in [-0.39, 0.29) is 5.57 Å². The van der Waals surface area contributed by atoms with E-state index in [0.29, 0.717) is 31.7 Å². The summed E-state index contributed by atoms with van der Waals surface area (Å²) in [4.78, 5) is 44.8. The molecule has 3 heterocycles. The van der Waals surface area contributed by atoms with Crippen LogP contribution in [-0.4, -0.2) is 34.9 Å². The molecule has 0 radical (unpaired) electrons. The van der Waals surface area contributed by atoms with Crippen LogP contribution in [-0.2, 0) is 9.53 Å². The van der Waals surface area contributed by atoms with Crippen molar-refractivity contribution in [2.75, 3.05) is 12.0 Å². The number of thiophene rings is 1. The zero-order chi connectivity index (χ0) is 24.0. The Bertz CT molecular complexity index is 1480. The van der Waals surface area contributed by atoms with E-state index in [1.54, 1.807) is 60.0 Å². The summed E-state index contributed by atoms with van der Waals surface area (Å²) >= 11 is 8.55. The normalized spacial score (nSPS) is 15.9. The summed E-state index contributed by atoms with van der Waals surface area (Å²) in [6.45, 7) is 0. The van der Waals surface area contributed by atoms with E-state index in [1.165, 1.54) is 34.7 Å². The summed E-state index contributed by atoms with van der Waals surface area (Å²) in [7, 11) is 1.28. The predicted molar refractivity (Wildman–Crippen MR) is 131 cm³/mol. The van der Waals surface area contributed by atoms with Crippen molar-refractivity contribution in [3.05, 3.63) is 92.3 Å². The van der Waals surface area contributed by atoms with Crippen molar-refractivity contribution in [2.24, 2.45) is 0 Å². The van der Waals surface area contributed by atoms with Crippen LogP contribution in [0.2, 0.25) is 5.02 Å². The number of aromatic nitrogens is 1. The van der Waals surface area contributed by atoms with Gasteiger partial charge in [0.1, 0.15) is 0 Å². The first kappa shape index (κ1) is 22.3. The Labute approximate surface area is 206 Å². The van der Waals surface area contributed by atoms with E-state index in [2.05, 4.69) is 4.98 Å². The van der Waals surface area contributed by atoms with Gasteiger partial charge in [0, 0.05) is 5.02 Å². The van der Waals surface area contributed by atoms with E-state index in [1.807, 2.05) is 0 Å². The monoisotopic (exact) mass is 510 g/mol. The highest BCUT2D eigenvalue weighted by atomic mass is 35.5. The van der Waals surface area contributed by atoms with Crippen LogP contribution in [0.3, 0.4) is 0 Å². The Hall–Kier alpha value is -3.53. The maximum absolute atomic E-state index is 13.4. The molecule has 34 heavy (non-hydrogen) atoms. The van der Waals surface area contributed by atoms with E-state index in [9.17, 15) is 19.5 Å². The van der Waals surface area contributed by atoms with E-state index in [4.69, 9.17) is 16.3 Å². The molecule has 7 nitrogen and oxygen atoms in total. The molecule has 0 fully saturated rings. The number of nitrogens with zero attached hydrogens (tertiary/aromatic N) is 2. The molecular formula is C24H15ClN2O5S2. The van der Waals surface area contributed by atoms with Crippen molar-refractivity contribution in [1.82, 2.24) is 4.98 Å². The lowest BCUT2D eigenvalue weighted by Crippen LogP contribution is -2.31. The summed E-state index contributed by atoms with van der Waals surface area (Å²) in [5, 5.41) is 13.4. The molecule has 1 unspecified atom stereocenters. The van der Waals surface area contributed by atoms with Gasteiger partial charge in [0.2, 0.25) is 5.78 Å². The van der Waals surface area contributed by atoms with Gasteiger partial charge in [-0.05, 0) is 47.3 Å². The third-order valence-corrected chi connectivity index (χ3v) is 7.51. The maximum Gasteiger partial charge on any atom is 0.337 e. The summed E-state index contributed by atoms with van der Waals surface area (Å²) < 4.78 is 5.51. The zero-order valence-corrected chi connectivity index (χ0v) is 19.9. The van der Waals surface area contributed by atoms with Gasteiger partial charge in [-0.25, -0.2) is 9.78 Å². The standard InChI is InChI=1S/C24H15ClN2O5S2/c1-32-23(31)13-6-4-12(5-7-13)19-18(20(28)16-3-2-10-33-16)21(29)22(30)27(19)24-26-15-9-8-14(25)11-17(15)34-24/h2-11,19,29H,1H3. The Morgan fingerprint density at radius 1 is 1.15 bits per heavy atom. The number of hydrogen-bond donors (Lipinski definition) is 1. The quantitative estimate of drug-likeness (QED) is 0.278. The Morgan fingerprint density at radius 2 is 1.91 bits per heavy atom. The van der Waals surface area contributed by atoms with Crippen molar-refractivity contribution in [2.45, 2.75) is 6.04 Å². The average molecular weight is 511 g/mol. The molecule has 2 aromatic carbocycles. The fourth-order valence-corrected chi connectivity index (χ4v) is 5.75. The highest BCUT2D eigenvalue weighted by Gasteiger charge is 2.46. The smallest absolute Gasteiger partial charge is 0.337 e. The van der Waals surface area contributed by atoms with Gasteiger partial charge in [-0.3, -0.25) is 14.5 Å². The first-order chi connectivity index (χ1) is 16.4. The van der Waals surface area contributed by atoms with Gasteiger partial charge in [-0.1, -0.05) is 41.1 Å². The third-order valence-electron chi connectivity index (χ3n) is 5.39. The van der Waals surface area contributed by atoms with E-state index >= 15 is 0 Å². The number of anilines is 1. The van der Waals surface area contributed by atoms with E-state index in [0.717, 1.165) is 4.70 Å². The highest BCUT2D eigenvalue weighted by molar-refractivity contribution is 7.22. The summed E-state index contributed by atoms with van der Waals surface area (Å²) in [6, 6.07) is 13.9. The van der Waals surface area contributed by atoms with Crippen LogP contribution in [0.25, 0.3) is 10.2 Å². The van der Waals surface area contributed by atoms with Gasteiger partial charge < -0.3 is 9.84 Å². The highest BCUT2D eigenvalue weighted by Crippen LogP contribution is 2.44. The molecule has 1 atom stereocenters. The number of ketones is 1. The SMILES string of the molecule is COC(=O)c1ccc(C2C(C(=O)c3cccs3)=C(O)C(=O)N2c2nc3ccc(Cl)cc3s2)cc1. The van der Waals surface area contributed by atoms with Gasteiger partial charge in [-0.15, -0.1) is 11.3 Å². The number of carbonyl (C=O) groups is 3. The van der Waals surface area contributed by atoms with Crippen LogP contribution in [0.1, 0.15) is 31.6 Å². The topological polar surface area (TPSA) is 96.8 Å². The minimum Gasteiger partial charge on any atom is -0.503 e. The number of hydrogen-bond acceptors (Lipinski definition) is 8. The maximum atomic E-state index is 13.4. The number of carbonyl (C=O) groups excluding carboxylic acids is 3. The van der Waals surface area contributed by atoms with Crippen LogP contribution < -0.4 is 4.90 Å². The summed E-state index contributed by atoms with van der Waals surface area (Å²) in [5.74, 6) is -2.32. The molecule has 0 bridgehead atoms. The molecule has 1 amide bonds. The van der Waals surface area contributed by atoms with Gasteiger partial charge in [0.25, 0.3) is 5.91 Å². The molecule has 4 aromatic rings. The first-order valence-electron chi connectivity index (χ1n) is 9.98. The Morgan fingerprint density at radius 3 is 2.59 bits per heavy atom. The predicted octanol–water partition coefficient (Wildman–Crippen LogP) is 5.58. The lowest BCUT2D eigenvalue weighted by Gasteiger charge is -2.24. The molecule has 0 spiro atoms. The van der Waals surface area contributed by atoms with Crippen LogP contribution in [0.5, 0.6) is 0 Å². The second-order valence-electron chi connectivity index (χ2n) is 7.37. The zero-order valence-electron chi connectivity index (χ0n) is 17.5. The Kier molecular flexibility index (Phi) is 5.68. The first-order valence-corrected chi connectivity index (χ1v) is 12.1. The summed E-state index contributed by atoms with van der Waals surface area (Å²) in [5.41, 5.74) is 1.43. The Balaban J connectivity index is 1.66. The van der Waals surface area contributed by atoms with Crippen LogP contribution in [0.4, 0.5) is 5.13 Å². The number of esters is 1. The molecule has 1 aliphatic rings. The van der Waals surface area contributed by atoms with Gasteiger partial charge in [-0.2, -0.15) is 0 Å². The molecule has 10 heteroatoms. The molecule has 170 valence electrons. The second kappa shape index (κ2) is 8.68. The molecule has 0 saturated carbocycles. The minimum atomic E-state index is -0.940. The number of aliphatic hydroxyl groups is 1. The molecule has 5 rings (SSSR count). The third kappa shape index (κ3) is 3.67. The summed E-state index contributed by atoms with van der Waals surface area (Å²) in [6.07, 6.45) is 0. The van der Waals surface area contributed by atoms with Crippen LogP contribution in [0.15, 0.2) is 71.3 Å². The van der Waals surface area contributed by atoms with Crippen molar-refractivity contribution in [3.8, 4) is 0 Å². The lowest BCUT2D eigenvalue weighted by molar-refractivity contribution is -0.117. The largest absolute Gasteiger partial charge is 0.503 e. The number of thiazole rings is 1. The van der Waals surface area contributed by atoms with Crippen molar-refractivity contribution >= 4 is 67.3 Å². The number of aliphatic hydroxyl groups excluding tert-OH is 1. The molecule has 0 aliphatic carbocycles. The fraction of sp³-hybridized carbons (Fsp3) is 0.0833. The van der Waals surface area contributed by atoms with Crippen molar-refractivity contribution in [1.29, 1.82) is 0 Å². The number of ether oxygens (including phenoxy) is 1. The average Bonchev–Trinajstić information content (AvgIpc) is 3.57. The van der Waals surface area contributed by atoms with Crippen LogP contribution >= 0.6 is 34.3 Å². The number of methoxy groups -OCH3 is 1. The fourth-order valence-electron chi connectivity index (χ4n) is 3.80. The number of benzene rings is 2. The molecule has 1 N–H and O–H groups in total. The molecule has 1 aliphatic heterocycles.